The van der Waals surface area contributed by atoms with E-state index in [1.54, 1.807) is 7.11 Å². The minimum absolute atomic E-state index is 0.0195. The molecule has 0 saturated carbocycles. The average molecular weight is 282 g/mol. The number of hydrogen-bond acceptors (Lipinski definition) is 1. The van der Waals surface area contributed by atoms with Crippen molar-refractivity contribution >= 4 is 0 Å². The maximum absolute atomic E-state index is 5.39. The molecule has 2 aromatic carbocycles. The summed E-state index contributed by atoms with van der Waals surface area (Å²) in [6, 6.07) is 21.6. The molecule has 1 atom stereocenters. The Labute approximate surface area is 129 Å². The summed E-state index contributed by atoms with van der Waals surface area (Å²) in [5.41, 5.74) is 2.78. The number of rotatable bonds is 6. The summed E-state index contributed by atoms with van der Waals surface area (Å²) in [6.07, 6.45) is 0.995. The van der Waals surface area contributed by atoms with Crippen molar-refractivity contribution in [3.63, 3.8) is 0 Å². The monoisotopic (exact) mass is 282 g/mol. The molecule has 0 saturated heterocycles. The minimum Gasteiger partial charge on any atom is -0.385 e. The highest BCUT2D eigenvalue weighted by molar-refractivity contribution is 5.36. The third kappa shape index (κ3) is 3.03. The van der Waals surface area contributed by atoms with Gasteiger partial charge in [0.15, 0.2) is 0 Å². The van der Waals surface area contributed by atoms with E-state index in [2.05, 4.69) is 81.4 Å². The number of methoxy groups -OCH3 is 1. The molecule has 21 heavy (non-hydrogen) atoms. The predicted octanol–water partition coefficient (Wildman–Crippen LogP) is 4.96. The van der Waals surface area contributed by atoms with Crippen LogP contribution in [0.2, 0.25) is 0 Å². The van der Waals surface area contributed by atoms with Crippen LogP contribution in [-0.2, 0) is 15.6 Å². The first-order chi connectivity index (χ1) is 10.0. The Balaban J connectivity index is 2.49. The fourth-order valence-electron chi connectivity index (χ4n) is 3.10. The largest absolute Gasteiger partial charge is 0.385 e. The highest BCUT2D eigenvalue weighted by Gasteiger charge is 2.42. The zero-order chi connectivity index (χ0) is 15.3. The summed E-state index contributed by atoms with van der Waals surface area (Å²) in [6.45, 7) is 7.80. The first kappa shape index (κ1) is 15.8. The molecule has 0 N–H and O–H groups in total. The lowest BCUT2D eigenvalue weighted by Gasteiger charge is -2.45. The third-order valence-corrected chi connectivity index (χ3v) is 5.09. The molecule has 2 aromatic rings. The summed E-state index contributed by atoms with van der Waals surface area (Å²) < 4.78 is 5.39. The van der Waals surface area contributed by atoms with E-state index in [0.29, 0.717) is 0 Å². The van der Waals surface area contributed by atoms with Crippen molar-refractivity contribution in [2.24, 2.45) is 0 Å². The highest BCUT2D eigenvalue weighted by atomic mass is 16.5. The van der Waals surface area contributed by atoms with Gasteiger partial charge in [-0.05, 0) is 23.0 Å². The quantitative estimate of drug-likeness (QED) is 0.727. The predicted molar refractivity (Wildman–Crippen MR) is 89.8 cm³/mol. The second-order valence-corrected chi connectivity index (χ2v) is 6.43. The normalized spacial score (nSPS) is 14.7. The fourth-order valence-corrected chi connectivity index (χ4v) is 3.10. The van der Waals surface area contributed by atoms with Gasteiger partial charge in [0.1, 0.15) is 0 Å². The molecule has 0 aromatic heterocycles. The van der Waals surface area contributed by atoms with Crippen LogP contribution in [0.1, 0.15) is 38.3 Å². The van der Waals surface area contributed by atoms with Crippen molar-refractivity contribution in [1.29, 1.82) is 0 Å². The van der Waals surface area contributed by atoms with E-state index in [-0.39, 0.29) is 10.8 Å². The summed E-state index contributed by atoms with van der Waals surface area (Å²) in [4.78, 5) is 0. The van der Waals surface area contributed by atoms with Gasteiger partial charge in [0.05, 0.1) is 0 Å². The number of ether oxygens (including phenoxy) is 1. The fraction of sp³-hybridized carbons (Fsp3) is 0.400. The maximum atomic E-state index is 5.39. The topological polar surface area (TPSA) is 9.23 Å². The smallest absolute Gasteiger partial charge is 0.0470 e. The van der Waals surface area contributed by atoms with Crippen LogP contribution in [0.5, 0.6) is 0 Å². The second kappa shape index (κ2) is 6.44. The molecule has 0 aliphatic carbocycles. The van der Waals surface area contributed by atoms with Crippen LogP contribution >= 0.6 is 0 Å². The van der Waals surface area contributed by atoms with Gasteiger partial charge < -0.3 is 4.74 Å². The summed E-state index contributed by atoms with van der Waals surface area (Å²) in [7, 11) is 1.78. The van der Waals surface area contributed by atoms with Crippen molar-refractivity contribution < 1.29 is 4.74 Å². The molecule has 0 radical (unpaired) electrons. The first-order valence-corrected chi connectivity index (χ1v) is 7.62. The van der Waals surface area contributed by atoms with E-state index in [1.165, 1.54) is 11.1 Å². The van der Waals surface area contributed by atoms with Gasteiger partial charge in [-0.3, -0.25) is 0 Å². The minimum atomic E-state index is 0.0195. The Morgan fingerprint density at radius 1 is 0.762 bits per heavy atom. The van der Waals surface area contributed by atoms with Crippen LogP contribution in [0.15, 0.2) is 60.7 Å². The Morgan fingerprint density at radius 2 is 1.24 bits per heavy atom. The van der Waals surface area contributed by atoms with Gasteiger partial charge in [-0.15, -0.1) is 0 Å². The molecule has 0 aliphatic rings. The first-order valence-electron chi connectivity index (χ1n) is 7.62. The van der Waals surface area contributed by atoms with Crippen LogP contribution < -0.4 is 0 Å². The van der Waals surface area contributed by atoms with Gasteiger partial charge in [0, 0.05) is 19.1 Å². The van der Waals surface area contributed by atoms with E-state index >= 15 is 0 Å². The van der Waals surface area contributed by atoms with Gasteiger partial charge in [0.25, 0.3) is 0 Å². The summed E-state index contributed by atoms with van der Waals surface area (Å²) >= 11 is 0. The molecular formula is C20H26O. The third-order valence-electron chi connectivity index (χ3n) is 5.09. The van der Waals surface area contributed by atoms with Crippen molar-refractivity contribution in [1.82, 2.24) is 0 Å². The van der Waals surface area contributed by atoms with E-state index in [1.807, 2.05) is 0 Å². The molecule has 1 nitrogen and oxygen atoms in total. The molecule has 0 bridgehead atoms. The van der Waals surface area contributed by atoms with Crippen LogP contribution in [0.4, 0.5) is 0 Å². The van der Waals surface area contributed by atoms with Crippen molar-refractivity contribution in [3.8, 4) is 0 Å². The molecule has 0 aliphatic heterocycles. The Bertz CT molecular complexity index is 545. The lowest BCUT2D eigenvalue weighted by Crippen LogP contribution is -2.43. The molecule has 112 valence electrons. The highest BCUT2D eigenvalue weighted by Crippen LogP contribution is 2.46. The molecule has 0 heterocycles. The second-order valence-electron chi connectivity index (χ2n) is 6.43. The van der Waals surface area contributed by atoms with E-state index < -0.39 is 0 Å². The zero-order valence-corrected chi connectivity index (χ0v) is 13.6. The van der Waals surface area contributed by atoms with E-state index in [9.17, 15) is 0 Å². The van der Waals surface area contributed by atoms with Crippen molar-refractivity contribution in [2.75, 3.05) is 13.7 Å². The molecule has 0 spiro atoms. The molecule has 0 fully saturated rings. The van der Waals surface area contributed by atoms with Gasteiger partial charge in [-0.2, -0.15) is 0 Å². The molecule has 0 amide bonds. The Kier molecular flexibility index (Phi) is 4.84. The van der Waals surface area contributed by atoms with Crippen LogP contribution in [0, 0.1) is 0 Å². The molecule has 1 unspecified atom stereocenters. The molecule has 2 rings (SSSR count). The standard InChI is InChI=1S/C20H26O/c1-19(2,17-11-7-5-8-12-17)20(3,15-16-21-4)18-13-9-6-10-14-18/h5-14H,15-16H2,1-4H3. The summed E-state index contributed by atoms with van der Waals surface area (Å²) in [5.74, 6) is 0. The lowest BCUT2D eigenvalue weighted by atomic mass is 9.58. The van der Waals surface area contributed by atoms with Crippen molar-refractivity contribution in [2.45, 2.75) is 38.0 Å². The number of hydrogen-bond donors (Lipinski definition) is 0. The maximum Gasteiger partial charge on any atom is 0.0470 e. The van der Waals surface area contributed by atoms with Gasteiger partial charge in [0.2, 0.25) is 0 Å². The van der Waals surface area contributed by atoms with Crippen molar-refractivity contribution in [3.05, 3.63) is 71.8 Å². The molecular weight excluding hydrogens is 256 g/mol. The van der Waals surface area contributed by atoms with E-state index in [4.69, 9.17) is 4.74 Å². The van der Waals surface area contributed by atoms with Gasteiger partial charge in [-0.25, -0.2) is 0 Å². The number of benzene rings is 2. The zero-order valence-electron chi connectivity index (χ0n) is 13.6. The Hall–Kier alpha value is -1.60. The van der Waals surface area contributed by atoms with Crippen LogP contribution in [-0.4, -0.2) is 13.7 Å². The van der Waals surface area contributed by atoms with Crippen LogP contribution in [0.3, 0.4) is 0 Å². The lowest BCUT2D eigenvalue weighted by molar-refractivity contribution is 0.142. The Morgan fingerprint density at radius 3 is 1.71 bits per heavy atom. The van der Waals surface area contributed by atoms with E-state index in [0.717, 1.165) is 13.0 Å². The van der Waals surface area contributed by atoms with Crippen LogP contribution in [0.25, 0.3) is 0 Å². The summed E-state index contributed by atoms with van der Waals surface area (Å²) in [5, 5.41) is 0. The average Bonchev–Trinajstić information content (AvgIpc) is 2.54. The molecule has 1 heteroatoms. The van der Waals surface area contributed by atoms with Gasteiger partial charge in [-0.1, -0.05) is 81.4 Å². The van der Waals surface area contributed by atoms with Gasteiger partial charge >= 0.3 is 0 Å². The SMILES string of the molecule is COCCC(C)(c1ccccc1)C(C)(C)c1ccccc1.